The Hall–Kier alpha value is -2.56. The first-order valence-electron chi connectivity index (χ1n) is 10.5. The van der Waals surface area contributed by atoms with Gasteiger partial charge in [-0.15, -0.1) is 0 Å². The molecular formula is C23H23F2IN4O2. The number of halogens is 3. The topological polar surface area (TPSA) is 68.9 Å². The summed E-state index contributed by atoms with van der Waals surface area (Å²) in [7, 11) is 0. The maximum absolute atomic E-state index is 13.8. The summed E-state index contributed by atoms with van der Waals surface area (Å²) < 4.78 is 27.1. The maximum Gasteiger partial charge on any atom is 0.355 e. The molecule has 6 nitrogen and oxygen atoms in total. The lowest BCUT2D eigenvalue weighted by Crippen LogP contribution is -2.45. The number of nitrogens with one attached hydrogen (secondary N) is 1. The van der Waals surface area contributed by atoms with Crippen molar-refractivity contribution >= 4 is 34.2 Å². The molecule has 1 N–H and O–H groups in total. The first-order valence-corrected chi connectivity index (χ1v) is 11.6. The molecule has 0 spiro atoms. The Kier molecular flexibility index (Phi) is 6.73. The van der Waals surface area contributed by atoms with Crippen molar-refractivity contribution in [2.24, 2.45) is 0 Å². The monoisotopic (exact) mass is 552 g/mol. The molecule has 4 rings (SSSR count). The predicted octanol–water partition coefficient (Wildman–Crippen LogP) is 5.19. The van der Waals surface area contributed by atoms with Crippen molar-refractivity contribution < 1.29 is 8.78 Å². The number of anilines is 2. The third-order valence-electron chi connectivity index (χ3n) is 5.67. The molecule has 168 valence electrons. The summed E-state index contributed by atoms with van der Waals surface area (Å²) in [6, 6.07) is 14.9. The molecule has 3 aromatic rings. The first kappa shape index (κ1) is 22.6. The normalized spacial score (nSPS) is 15.0. The lowest BCUT2D eigenvalue weighted by molar-refractivity contribution is 0.127. The zero-order valence-corrected chi connectivity index (χ0v) is 19.5. The van der Waals surface area contributed by atoms with Crippen molar-refractivity contribution in [1.82, 2.24) is 14.1 Å². The second kappa shape index (κ2) is 9.51. The van der Waals surface area contributed by atoms with Crippen LogP contribution in [0.4, 0.5) is 20.4 Å². The van der Waals surface area contributed by atoms with Crippen molar-refractivity contribution in [3.63, 3.8) is 0 Å². The van der Waals surface area contributed by atoms with Crippen molar-refractivity contribution in [3.05, 3.63) is 86.7 Å². The minimum atomic E-state index is -3.04. The standard InChI is InChI=1S/C23H23F2IN4O2/c24-23(25,26)17-10-7-11-18(14-17)27-20-28-21(31)30(19-12-5-2-6-13-19)22(32)29(20)15-16-8-3-1-4-9-16/h1,3-4,7-11,14,19H,2,5-6,12-13,15H2,(H,27,28,31). The minimum absolute atomic E-state index is 0.0323. The molecule has 1 fully saturated rings. The summed E-state index contributed by atoms with van der Waals surface area (Å²) in [5.74, 6) is 0.0323. The van der Waals surface area contributed by atoms with Gasteiger partial charge in [-0.25, -0.2) is 14.2 Å². The van der Waals surface area contributed by atoms with Gasteiger partial charge in [0.25, 0.3) is 0 Å². The van der Waals surface area contributed by atoms with E-state index >= 15 is 0 Å². The molecule has 1 saturated carbocycles. The van der Waals surface area contributed by atoms with Crippen molar-refractivity contribution in [2.75, 3.05) is 5.32 Å². The summed E-state index contributed by atoms with van der Waals surface area (Å²) in [4.78, 5) is 30.5. The Morgan fingerprint density at radius 3 is 2.44 bits per heavy atom. The quantitative estimate of drug-likeness (QED) is 0.338. The Balaban J connectivity index is 1.79. The van der Waals surface area contributed by atoms with E-state index in [2.05, 4.69) is 10.3 Å². The van der Waals surface area contributed by atoms with Crippen LogP contribution in [0, 0.1) is 0 Å². The molecule has 1 aliphatic rings. The second-order valence-corrected chi connectivity index (χ2v) is 9.29. The average Bonchev–Trinajstić information content (AvgIpc) is 2.77. The number of nitrogens with zero attached hydrogens (tertiary/aromatic N) is 3. The fourth-order valence-corrected chi connectivity index (χ4v) is 4.40. The van der Waals surface area contributed by atoms with Crippen molar-refractivity contribution in [3.8, 4) is 0 Å². The molecule has 0 bridgehead atoms. The maximum atomic E-state index is 13.8. The van der Waals surface area contributed by atoms with Crippen LogP contribution in [0.15, 0.2) is 64.2 Å². The van der Waals surface area contributed by atoms with E-state index in [-0.39, 0.29) is 24.1 Å². The van der Waals surface area contributed by atoms with Crippen molar-refractivity contribution in [1.29, 1.82) is 0 Å². The van der Waals surface area contributed by atoms with Gasteiger partial charge in [-0.05, 0) is 30.5 Å². The Morgan fingerprint density at radius 2 is 1.75 bits per heavy atom. The molecule has 0 saturated heterocycles. The van der Waals surface area contributed by atoms with Gasteiger partial charge in [0, 0.05) is 39.9 Å². The van der Waals surface area contributed by atoms with Crippen LogP contribution >= 0.6 is 22.6 Å². The Morgan fingerprint density at radius 1 is 1.03 bits per heavy atom. The van der Waals surface area contributed by atoms with E-state index in [4.69, 9.17) is 0 Å². The lowest BCUT2D eigenvalue weighted by atomic mass is 9.95. The fraction of sp³-hybridized carbons (Fsp3) is 0.348. The van der Waals surface area contributed by atoms with Gasteiger partial charge in [-0.1, -0.05) is 61.7 Å². The van der Waals surface area contributed by atoms with Crippen LogP contribution in [0.2, 0.25) is 0 Å². The van der Waals surface area contributed by atoms with E-state index in [1.54, 1.807) is 6.07 Å². The van der Waals surface area contributed by atoms with Crippen LogP contribution in [-0.4, -0.2) is 14.1 Å². The van der Waals surface area contributed by atoms with Crippen molar-refractivity contribution in [2.45, 2.75) is 48.6 Å². The molecular weight excluding hydrogens is 529 g/mol. The van der Waals surface area contributed by atoms with Gasteiger partial charge in [-0.2, -0.15) is 13.8 Å². The van der Waals surface area contributed by atoms with Crippen LogP contribution in [0.3, 0.4) is 0 Å². The van der Waals surface area contributed by atoms with Gasteiger partial charge < -0.3 is 5.32 Å². The Bertz CT molecular complexity index is 1200. The number of hydrogen-bond donors (Lipinski definition) is 1. The average molecular weight is 552 g/mol. The smallest absolute Gasteiger partial charge is 0.325 e. The van der Waals surface area contributed by atoms with Crippen LogP contribution in [-0.2, 0) is 10.5 Å². The summed E-state index contributed by atoms with van der Waals surface area (Å²) in [6.07, 6.45) is 4.55. The summed E-state index contributed by atoms with van der Waals surface area (Å²) >= 11 is 1.07. The van der Waals surface area contributed by atoms with E-state index in [0.29, 0.717) is 5.69 Å². The molecule has 1 aliphatic carbocycles. The largest absolute Gasteiger partial charge is 0.355 e. The number of hydrogen-bond acceptors (Lipinski definition) is 4. The molecule has 2 aromatic carbocycles. The molecule has 0 radical (unpaired) electrons. The van der Waals surface area contributed by atoms with Gasteiger partial charge in [0.1, 0.15) is 0 Å². The summed E-state index contributed by atoms with van der Waals surface area (Å²) in [5.41, 5.74) is -0.0680. The second-order valence-electron chi connectivity index (χ2n) is 7.94. The highest BCUT2D eigenvalue weighted by Crippen LogP contribution is 2.36. The van der Waals surface area contributed by atoms with Crippen LogP contribution < -0.4 is 16.7 Å². The zero-order valence-electron chi connectivity index (χ0n) is 17.3. The van der Waals surface area contributed by atoms with Gasteiger partial charge in [0.05, 0.1) is 6.54 Å². The molecule has 1 aromatic heterocycles. The van der Waals surface area contributed by atoms with Gasteiger partial charge in [0.15, 0.2) is 0 Å². The molecule has 0 amide bonds. The molecule has 0 unspecified atom stereocenters. The van der Waals surface area contributed by atoms with Gasteiger partial charge >= 0.3 is 15.3 Å². The highest BCUT2D eigenvalue weighted by molar-refractivity contribution is 14.1. The first-order chi connectivity index (χ1) is 15.3. The predicted molar refractivity (Wildman–Crippen MR) is 128 cm³/mol. The highest BCUT2D eigenvalue weighted by Gasteiger charge is 2.27. The molecule has 9 heteroatoms. The van der Waals surface area contributed by atoms with E-state index < -0.39 is 15.3 Å². The molecule has 0 aliphatic heterocycles. The SMILES string of the molecule is O=c1nc(Nc2cccc(C(F)(F)I)c2)n(Cc2ccccc2)c(=O)n1C1CCCCC1. The van der Waals surface area contributed by atoms with Gasteiger partial charge in [0.2, 0.25) is 5.95 Å². The highest BCUT2D eigenvalue weighted by atomic mass is 127. The lowest BCUT2D eigenvalue weighted by Gasteiger charge is -2.24. The molecule has 1 heterocycles. The van der Waals surface area contributed by atoms with E-state index in [9.17, 15) is 18.4 Å². The number of aromatic nitrogens is 3. The van der Waals surface area contributed by atoms with E-state index in [1.807, 2.05) is 30.3 Å². The number of alkyl halides is 3. The summed E-state index contributed by atoms with van der Waals surface area (Å²) in [6.45, 7) is 0.199. The summed E-state index contributed by atoms with van der Waals surface area (Å²) in [5, 5.41) is 2.92. The van der Waals surface area contributed by atoms with Gasteiger partial charge in [-0.3, -0.25) is 4.57 Å². The van der Waals surface area contributed by atoms with E-state index in [1.165, 1.54) is 27.3 Å². The van der Waals surface area contributed by atoms with Crippen LogP contribution in [0.1, 0.15) is 49.3 Å². The molecule has 32 heavy (non-hydrogen) atoms. The third-order valence-corrected chi connectivity index (χ3v) is 6.29. The van der Waals surface area contributed by atoms with Crippen LogP contribution in [0.25, 0.3) is 0 Å². The number of benzene rings is 2. The minimum Gasteiger partial charge on any atom is -0.325 e. The zero-order chi connectivity index (χ0) is 22.7. The number of rotatable bonds is 6. The molecule has 0 atom stereocenters. The fourth-order valence-electron chi connectivity index (χ4n) is 4.07. The third kappa shape index (κ3) is 5.08. The van der Waals surface area contributed by atoms with Crippen LogP contribution in [0.5, 0.6) is 0 Å². The Labute approximate surface area is 197 Å². The van der Waals surface area contributed by atoms with E-state index in [0.717, 1.165) is 60.3 Å².